The highest BCUT2D eigenvalue weighted by Gasteiger charge is 2.34. The molecule has 0 bridgehead atoms. The zero-order chi connectivity index (χ0) is 17.9. The van der Waals surface area contributed by atoms with E-state index in [1.807, 2.05) is 0 Å². The van der Waals surface area contributed by atoms with Crippen LogP contribution in [0.25, 0.3) is 0 Å². The van der Waals surface area contributed by atoms with E-state index < -0.39 is 0 Å². The van der Waals surface area contributed by atoms with E-state index in [0.717, 1.165) is 18.4 Å². The number of nitrogens with zero attached hydrogens (tertiary/aromatic N) is 4. The first-order valence-electron chi connectivity index (χ1n) is 8.46. The van der Waals surface area contributed by atoms with Crippen LogP contribution in [0.2, 0.25) is 0 Å². The van der Waals surface area contributed by atoms with Crippen molar-refractivity contribution in [1.29, 1.82) is 0 Å². The van der Waals surface area contributed by atoms with Gasteiger partial charge in [0.05, 0.1) is 11.8 Å². The second-order valence-corrected chi connectivity index (χ2v) is 6.25. The maximum Gasteiger partial charge on any atom is 0.257 e. The minimum absolute atomic E-state index is 0.119. The molecule has 1 aliphatic heterocycles. The fraction of sp³-hybridized carbons (Fsp3) is 0.263. The molecule has 1 aromatic carbocycles. The van der Waals surface area contributed by atoms with Crippen LogP contribution in [0, 0.1) is 5.82 Å². The van der Waals surface area contributed by atoms with Crippen LogP contribution in [0.15, 0.2) is 53.6 Å². The monoisotopic (exact) mass is 352 g/mol. The van der Waals surface area contributed by atoms with Gasteiger partial charge in [0, 0.05) is 25.4 Å². The van der Waals surface area contributed by atoms with E-state index in [1.165, 1.54) is 30.9 Å². The molecule has 3 aromatic rings. The largest absolute Gasteiger partial charge is 0.443 e. The predicted octanol–water partition coefficient (Wildman–Crippen LogP) is 3.17. The molecule has 0 N–H and O–H groups in total. The number of oxazole rings is 1. The van der Waals surface area contributed by atoms with Crippen molar-refractivity contribution in [1.82, 2.24) is 19.9 Å². The highest BCUT2D eigenvalue weighted by atomic mass is 19.1. The molecule has 132 valence electrons. The van der Waals surface area contributed by atoms with E-state index in [1.54, 1.807) is 23.2 Å². The van der Waals surface area contributed by atoms with Crippen molar-refractivity contribution in [2.75, 3.05) is 6.54 Å². The normalized spacial score (nSPS) is 16.8. The Morgan fingerprint density at radius 1 is 1.19 bits per heavy atom. The van der Waals surface area contributed by atoms with E-state index >= 15 is 0 Å². The fourth-order valence-corrected chi connectivity index (χ4v) is 3.20. The number of hydrogen-bond donors (Lipinski definition) is 0. The van der Waals surface area contributed by atoms with Gasteiger partial charge in [-0.25, -0.2) is 19.3 Å². The molecule has 0 spiro atoms. The Labute approximate surface area is 149 Å². The van der Waals surface area contributed by atoms with Crippen LogP contribution in [0.1, 0.15) is 46.5 Å². The van der Waals surface area contributed by atoms with Crippen LogP contribution >= 0.6 is 0 Å². The number of halogens is 1. The Bertz CT molecular complexity index is 895. The lowest BCUT2D eigenvalue weighted by atomic mass is 10.1. The van der Waals surface area contributed by atoms with Gasteiger partial charge in [-0.05, 0) is 30.5 Å². The Morgan fingerprint density at radius 2 is 1.96 bits per heavy atom. The molecule has 1 atom stereocenters. The maximum atomic E-state index is 13.0. The minimum atomic E-state index is -0.267. The van der Waals surface area contributed by atoms with Gasteiger partial charge in [0.1, 0.15) is 23.9 Å². The number of likely N-dealkylation sites (tertiary alicyclic amines) is 1. The number of benzene rings is 1. The van der Waals surface area contributed by atoms with E-state index in [0.29, 0.717) is 30.2 Å². The third-order valence-corrected chi connectivity index (χ3v) is 4.47. The van der Waals surface area contributed by atoms with E-state index in [-0.39, 0.29) is 17.8 Å². The Kier molecular flexibility index (Phi) is 4.43. The molecule has 1 saturated heterocycles. The summed E-state index contributed by atoms with van der Waals surface area (Å²) in [5.74, 6) is 0.835. The van der Waals surface area contributed by atoms with Crippen LogP contribution in [0.3, 0.4) is 0 Å². The molecule has 0 saturated carbocycles. The van der Waals surface area contributed by atoms with Crippen molar-refractivity contribution >= 4 is 5.91 Å². The molecule has 1 fully saturated rings. The first kappa shape index (κ1) is 16.4. The van der Waals surface area contributed by atoms with Gasteiger partial charge in [0.25, 0.3) is 5.91 Å². The van der Waals surface area contributed by atoms with Gasteiger partial charge >= 0.3 is 0 Å². The number of aromatic nitrogens is 3. The number of amides is 1. The molecule has 7 heteroatoms. The van der Waals surface area contributed by atoms with Gasteiger partial charge in [-0.2, -0.15) is 0 Å². The Balaban J connectivity index is 1.51. The number of rotatable bonds is 4. The van der Waals surface area contributed by atoms with Gasteiger partial charge in [-0.1, -0.05) is 12.1 Å². The second-order valence-electron chi connectivity index (χ2n) is 6.25. The molecule has 1 aliphatic rings. The zero-order valence-electron chi connectivity index (χ0n) is 14.0. The number of carbonyl (C=O) groups is 1. The molecule has 2 aromatic heterocycles. The first-order chi connectivity index (χ1) is 12.7. The molecule has 0 radical (unpaired) electrons. The van der Waals surface area contributed by atoms with Crippen molar-refractivity contribution in [2.45, 2.75) is 25.3 Å². The molecule has 0 aliphatic carbocycles. The van der Waals surface area contributed by atoms with Crippen molar-refractivity contribution in [3.63, 3.8) is 0 Å². The summed E-state index contributed by atoms with van der Waals surface area (Å²) in [7, 11) is 0. The van der Waals surface area contributed by atoms with Gasteiger partial charge < -0.3 is 9.32 Å². The molecule has 1 amide bonds. The Morgan fingerprint density at radius 3 is 2.73 bits per heavy atom. The van der Waals surface area contributed by atoms with Crippen molar-refractivity contribution in [2.24, 2.45) is 0 Å². The zero-order valence-corrected chi connectivity index (χ0v) is 14.0. The smallest absolute Gasteiger partial charge is 0.257 e. The third-order valence-electron chi connectivity index (χ3n) is 4.47. The second kappa shape index (κ2) is 7.03. The summed E-state index contributed by atoms with van der Waals surface area (Å²) in [6.07, 6.45) is 8.32. The topological polar surface area (TPSA) is 72.1 Å². The lowest BCUT2D eigenvalue weighted by Crippen LogP contribution is -2.30. The van der Waals surface area contributed by atoms with Crippen molar-refractivity contribution < 1.29 is 13.6 Å². The minimum Gasteiger partial charge on any atom is -0.443 e. The van der Waals surface area contributed by atoms with E-state index in [9.17, 15) is 9.18 Å². The molecule has 1 unspecified atom stereocenters. The third kappa shape index (κ3) is 3.33. The lowest BCUT2D eigenvalue weighted by Gasteiger charge is -2.22. The van der Waals surface area contributed by atoms with Gasteiger partial charge in [0.2, 0.25) is 5.89 Å². The summed E-state index contributed by atoms with van der Waals surface area (Å²) in [4.78, 5) is 26.6. The average Bonchev–Trinajstić information content (AvgIpc) is 3.33. The lowest BCUT2D eigenvalue weighted by molar-refractivity contribution is 0.0713. The standard InChI is InChI=1S/C19H17FN4O2/c20-15-5-3-13(4-6-15)8-16-11-23-18(26-16)17-2-1-7-24(17)19(25)14-9-21-12-22-10-14/h3-6,9-12,17H,1-2,7-8H2. The van der Waals surface area contributed by atoms with Gasteiger partial charge in [-0.15, -0.1) is 0 Å². The SMILES string of the molecule is O=C(c1cncnc1)N1CCCC1c1ncc(Cc2ccc(F)cc2)o1. The van der Waals surface area contributed by atoms with Gasteiger partial charge in [0.15, 0.2) is 0 Å². The molecular formula is C19H17FN4O2. The highest BCUT2D eigenvalue weighted by molar-refractivity contribution is 5.94. The van der Waals surface area contributed by atoms with Gasteiger partial charge in [-0.3, -0.25) is 4.79 Å². The van der Waals surface area contributed by atoms with E-state index in [4.69, 9.17) is 4.42 Å². The number of carbonyl (C=O) groups excluding carboxylic acids is 1. The Hall–Kier alpha value is -3.09. The molecule has 26 heavy (non-hydrogen) atoms. The molecule has 4 rings (SSSR count). The van der Waals surface area contributed by atoms with Crippen molar-refractivity contribution in [3.8, 4) is 0 Å². The molecule has 6 nitrogen and oxygen atoms in total. The molecular weight excluding hydrogens is 335 g/mol. The summed E-state index contributed by atoms with van der Waals surface area (Å²) in [5.41, 5.74) is 1.40. The van der Waals surface area contributed by atoms with Crippen LogP contribution in [-0.4, -0.2) is 32.3 Å². The molecule has 3 heterocycles. The fourth-order valence-electron chi connectivity index (χ4n) is 3.20. The van der Waals surface area contributed by atoms with E-state index in [2.05, 4.69) is 15.0 Å². The van der Waals surface area contributed by atoms with Crippen LogP contribution in [0.5, 0.6) is 0 Å². The summed E-state index contributed by atoms with van der Waals surface area (Å²) in [5, 5.41) is 0. The van der Waals surface area contributed by atoms with Crippen LogP contribution in [-0.2, 0) is 6.42 Å². The quantitative estimate of drug-likeness (QED) is 0.721. The highest BCUT2D eigenvalue weighted by Crippen LogP contribution is 2.33. The average molecular weight is 352 g/mol. The summed E-state index contributed by atoms with van der Waals surface area (Å²) in [6, 6.07) is 6.10. The van der Waals surface area contributed by atoms with Crippen LogP contribution in [0.4, 0.5) is 4.39 Å². The van der Waals surface area contributed by atoms with Crippen LogP contribution < -0.4 is 0 Å². The number of hydrogen-bond acceptors (Lipinski definition) is 5. The summed E-state index contributed by atoms with van der Waals surface area (Å²) < 4.78 is 18.9. The summed E-state index contributed by atoms with van der Waals surface area (Å²) >= 11 is 0. The first-order valence-corrected chi connectivity index (χ1v) is 8.46. The van der Waals surface area contributed by atoms with Crippen molar-refractivity contribution in [3.05, 3.63) is 77.8 Å². The maximum absolute atomic E-state index is 13.0. The summed E-state index contributed by atoms with van der Waals surface area (Å²) in [6.45, 7) is 0.647. The predicted molar refractivity (Wildman–Crippen MR) is 90.8 cm³/mol.